The van der Waals surface area contributed by atoms with Gasteiger partial charge < -0.3 is 4.74 Å². The van der Waals surface area contributed by atoms with E-state index in [-0.39, 0.29) is 11.0 Å². The maximum Gasteiger partial charge on any atom is 0.337 e. The van der Waals surface area contributed by atoms with E-state index in [2.05, 4.69) is 25.5 Å². The summed E-state index contributed by atoms with van der Waals surface area (Å²) in [4.78, 5) is 11.5. The summed E-state index contributed by atoms with van der Waals surface area (Å²) in [6, 6.07) is 12.2. The fraction of sp³-hybridized carbons (Fsp3) is 0.278. The van der Waals surface area contributed by atoms with Crippen molar-refractivity contribution in [1.29, 1.82) is 0 Å². The standard InChI is InChI=1S/C18H19FO2/c1-18(2,3)15-7-5-12(6-8-15)13-9-14(17(20)21-4)11-16(19)10-13/h5-11H,1-4H3. The van der Waals surface area contributed by atoms with Crippen LogP contribution in [0.1, 0.15) is 36.7 Å². The molecule has 0 aliphatic carbocycles. The number of methoxy groups -OCH3 is 1. The van der Waals surface area contributed by atoms with Gasteiger partial charge in [-0.15, -0.1) is 0 Å². The second-order valence-electron chi connectivity index (χ2n) is 6.05. The highest BCUT2D eigenvalue weighted by Crippen LogP contribution is 2.27. The summed E-state index contributed by atoms with van der Waals surface area (Å²) in [6.07, 6.45) is 0. The van der Waals surface area contributed by atoms with E-state index >= 15 is 0 Å². The van der Waals surface area contributed by atoms with Gasteiger partial charge in [0.05, 0.1) is 12.7 Å². The second-order valence-corrected chi connectivity index (χ2v) is 6.05. The van der Waals surface area contributed by atoms with Crippen LogP contribution in [0.4, 0.5) is 4.39 Å². The zero-order chi connectivity index (χ0) is 15.6. The molecular weight excluding hydrogens is 267 g/mol. The van der Waals surface area contributed by atoms with Crippen molar-refractivity contribution in [2.45, 2.75) is 26.2 Å². The van der Waals surface area contributed by atoms with E-state index in [1.807, 2.05) is 24.3 Å². The Labute approximate surface area is 124 Å². The molecule has 0 fully saturated rings. The summed E-state index contributed by atoms with van der Waals surface area (Å²) in [6.45, 7) is 6.42. The average molecular weight is 286 g/mol. The Morgan fingerprint density at radius 3 is 2.14 bits per heavy atom. The number of hydrogen-bond donors (Lipinski definition) is 0. The van der Waals surface area contributed by atoms with E-state index in [1.165, 1.54) is 24.8 Å². The molecule has 0 aliphatic heterocycles. The van der Waals surface area contributed by atoms with E-state index < -0.39 is 11.8 Å². The fourth-order valence-corrected chi connectivity index (χ4v) is 2.15. The van der Waals surface area contributed by atoms with Gasteiger partial charge in [-0.05, 0) is 40.3 Å². The summed E-state index contributed by atoms with van der Waals surface area (Å²) < 4.78 is 18.3. The minimum Gasteiger partial charge on any atom is -0.465 e. The average Bonchev–Trinajstić information content (AvgIpc) is 2.45. The topological polar surface area (TPSA) is 26.3 Å². The third-order valence-corrected chi connectivity index (χ3v) is 3.40. The SMILES string of the molecule is COC(=O)c1cc(F)cc(-c2ccc(C(C)(C)C)cc2)c1. The number of carbonyl (C=O) groups excluding carboxylic acids is 1. The Kier molecular flexibility index (Phi) is 4.12. The summed E-state index contributed by atoms with van der Waals surface area (Å²) in [7, 11) is 1.28. The lowest BCUT2D eigenvalue weighted by Gasteiger charge is -2.19. The van der Waals surface area contributed by atoms with Gasteiger partial charge >= 0.3 is 5.97 Å². The van der Waals surface area contributed by atoms with Crippen molar-refractivity contribution in [2.75, 3.05) is 7.11 Å². The van der Waals surface area contributed by atoms with Crippen LogP contribution in [0.3, 0.4) is 0 Å². The van der Waals surface area contributed by atoms with Gasteiger partial charge in [0.2, 0.25) is 0 Å². The quantitative estimate of drug-likeness (QED) is 0.755. The molecule has 3 heteroatoms. The third-order valence-electron chi connectivity index (χ3n) is 3.40. The van der Waals surface area contributed by atoms with Crippen molar-refractivity contribution in [3.63, 3.8) is 0 Å². The summed E-state index contributed by atoms with van der Waals surface area (Å²) >= 11 is 0. The van der Waals surface area contributed by atoms with Crippen LogP contribution in [0.25, 0.3) is 11.1 Å². The molecule has 0 N–H and O–H groups in total. The molecule has 0 saturated heterocycles. The monoisotopic (exact) mass is 286 g/mol. The summed E-state index contributed by atoms with van der Waals surface area (Å²) in [5.41, 5.74) is 3.02. The minimum atomic E-state index is -0.540. The molecule has 2 nitrogen and oxygen atoms in total. The number of ether oxygens (including phenoxy) is 1. The smallest absolute Gasteiger partial charge is 0.337 e. The highest BCUT2D eigenvalue weighted by Gasteiger charge is 2.14. The third kappa shape index (κ3) is 3.48. The first kappa shape index (κ1) is 15.2. The van der Waals surface area contributed by atoms with Crippen molar-refractivity contribution in [1.82, 2.24) is 0 Å². The Bertz CT molecular complexity index is 652. The molecule has 0 heterocycles. The zero-order valence-corrected chi connectivity index (χ0v) is 12.7. The van der Waals surface area contributed by atoms with Crippen molar-refractivity contribution in [3.8, 4) is 11.1 Å². The molecule has 0 amide bonds. The summed E-state index contributed by atoms with van der Waals surface area (Å²) in [5.74, 6) is -0.991. The molecular formula is C18H19FO2. The Balaban J connectivity index is 2.42. The van der Waals surface area contributed by atoms with Crippen LogP contribution >= 0.6 is 0 Å². The first-order valence-corrected chi connectivity index (χ1v) is 6.81. The number of halogens is 1. The first-order chi connectivity index (χ1) is 9.81. The molecule has 0 spiro atoms. The lowest BCUT2D eigenvalue weighted by Crippen LogP contribution is -2.10. The van der Waals surface area contributed by atoms with Gasteiger partial charge in [-0.25, -0.2) is 9.18 Å². The largest absolute Gasteiger partial charge is 0.465 e. The highest BCUT2D eigenvalue weighted by atomic mass is 19.1. The van der Waals surface area contributed by atoms with Crippen molar-refractivity contribution < 1.29 is 13.9 Å². The molecule has 0 atom stereocenters. The molecule has 0 aliphatic rings. The van der Waals surface area contributed by atoms with Crippen molar-refractivity contribution in [3.05, 3.63) is 59.4 Å². The van der Waals surface area contributed by atoms with Gasteiger partial charge in [0.25, 0.3) is 0 Å². The molecule has 110 valence electrons. The minimum absolute atomic E-state index is 0.0671. The normalized spacial score (nSPS) is 11.3. The van der Waals surface area contributed by atoms with Crippen LogP contribution in [0.15, 0.2) is 42.5 Å². The number of rotatable bonds is 2. The van der Waals surface area contributed by atoms with Crippen LogP contribution < -0.4 is 0 Å². The Hall–Kier alpha value is -2.16. The molecule has 0 aromatic heterocycles. The molecule has 0 unspecified atom stereocenters. The molecule has 0 radical (unpaired) electrons. The molecule has 0 bridgehead atoms. The lowest BCUT2D eigenvalue weighted by atomic mass is 9.86. The number of carbonyl (C=O) groups is 1. The van der Waals surface area contributed by atoms with Crippen LogP contribution in [-0.4, -0.2) is 13.1 Å². The zero-order valence-electron chi connectivity index (χ0n) is 12.7. The molecule has 21 heavy (non-hydrogen) atoms. The lowest BCUT2D eigenvalue weighted by molar-refractivity contribution is 0.0600. The van der Waals surface area contributed by atoms with Crippen molar-refractivity contribution >= 4 is 5.97 Å². The van der Waals surface area contributed by atoms with Crippen molar-refractivity contribution in [2.24, 2.45) is 0 Å². The summed E-state index contributed by atoms with van der Waals surface area (Å²) in [5, 5.41) is 0. The molecule has 0 saturated carbocycles. The molecule has 2 aromatic rings. The van der Waals surface area contributed by atoms with Crippen LogP contribution in [0.2, 0.25) is 0 Å². The van der Waals surface area contributed by atoms with E-state index in [0.717, 1.165) is 5.56 Å². The fourth-order valence-electron chi connectivity index (χ4n) is 2.15. The van der Waals surface area contributed by atoms with Gasteiger partial charge in [-0.1, -0.05) is 45.0 Å². The number of esters is 1. The number of benzene rings is 2. The van der Waals surface area contributed by atoms with E-state index in [9.17, 15) is 9.18 Å². The van der Waals surface area contributed by atoms with Gasteiger partial charge in [0.1, 0.15) is 5.82 Å². The maximum atomic E-state index is 13.7. The van der Waals surface area contributed by atoms with Crippen LogP contribution in [-0.2, 0) is 10.2 Å². The van der Waals surface area contributed by atoms with E-state index in [0.29, 0.717) is 5.56 Å². The van der Waals surface area contributed by atoms with E-state index in [4.69, 9.17) is 0 Å². The Morgan fingerprint density at radius 1 is 1.00 bits per heavy atom. The maximum absolute atomic E-state index is 13.7. The van der Waals surface area contributed by atoms with Gasteiger partial charge in [-0.2, -0.15) is 0 Å². The van der Waals surface area contributed by atoms with E-state index in [1.54, 1.807) is 6.07 Å². The molecule has 2 rings (SSSR count). The van der Waals surface area contributed by atoms with Crippen LogP contribution in [0.5, 0.6) is 0 Å². The predicted molar refractivity (Wildman–Crippen MR) is 81.9 cm³/mol. The van der Waals surface area contributed by atoms with Gasteiger partial charge in [-0.3, -0.25) is 0 Å². The van der Waals surface area contributed by atoms with Crippen LogP contribution in [0, 0.1) is 5.82 Å². The van der Waals surface area contributed by atoms with Gasteiger partial charge in [0.15, 0.2) is 0 Å². The number of hydrogen-bond acceptors (Lipinski definition) is 2. The first-order valence-electron chi connectivity index (χ1n) is 6.81. The highest BCUT2D eigenvalue weighted by molar-refractivity contribution is 5.91. The second kappa shape index (κ2) is 5.68. The predicted octanol–water partition coefficient (Wildman–Crippen LogP) is 4.58. The molecule has 2 aromatic carbocycles. The Morgan fingerprint density at radius 2 is 1.62 bits per heavy atom. The van der Waals surface area contributed by atoms with Gasteiger partial charge in [0, 0.05) is 0 Å².